The number of benzene rings is 2. The molecule has 0 radical (unpaired) electrons. The van der Waals surface area contributed by atoms with Crippen LogP contribution in [0.2, 0.25) is 0 Å². The number of hydrogen-bond acceptors (Lipinski definition) is 5. The number of amides is 2. The molecule has 2 aromatic carbocycles. The zero-order valence-electron chi connectivity index (χ0n) is 16.2. The van der Waals surface area contributed by atoms with Crippen molar-refractivity contribution in [1.29, 1.82) is 0 Å². The second-order valence-corrected chi connectivity index (χ2v) is 7.59. The molecule has 1 saturated heterocycles. The number of nitrogens with zero attached hydrogens (tertiary/aromatic N) is 1. The van der Waals surface area contributed by atoms with Gasteiger partial charge in [-0.2, -0.15) is 0 Å². The average molecular weight is 416 g/mol. The predicted octanol–water partition coefficient (Wildman–Crippen LogP) is 3.89. The first-order valence-corrected chi connectivity index (χ1v) is 10.1. The lowest BCUT2D eigenvalue weighted by Gasteiger charge is -2.20. The van der Waals surface area contributed by atoms with Gasteiger partial charge < -0.3 is 15.0 Å². The van der Waals surface area contributed by atoms with Crippen LogP contribution in [-0.2, 0) is 9.59 Å². The number of methoxy groups -OCH3 is 1. The van der Waals surface area contributed by atoms with Crippen LogP contribution in [0.3, 0.4) is 0 Å². The SMILES string of the molecule is COc1ccc(NC(=O)CSc2ccc(C(C)=O)cc2F)cc1N1CCCC1=O. The summed E-state index contributed by atoms with van der Waals surface area (Å²) in [6.07, 6.45) is 1.27. The van der Waals surface area contributed by atoms with E-state index in [0.29, 0.717) is 40.5 Å². The Morgan fingerprint density at radius 2 is 2.03 bits per heavy atom. The van der Waals surface area contributed by atoms with Gasteiger partial charge in [0.05, 0.1) is 18.6 Å². The van der Waals surface area contributed by atoms with Crippen molar-refractivity contribution in [3.05, 3.63) is 47.8 Å². The van der Waals surface area contributed by atoms with E-state index in [9.17, 15) is 18.8 Å². The van der Waals surface area contributed by atoms with E-state index < -0.39 is 5.82 Å². The molecule has 0 atom stereocenters. The first-order valence-electron chi connectivity index (χ1n) is 9.10. The van der Waals surface area contributed by atoms with E-state index in [2.05, 4.69) is 5.32 Å². The first-order chi connectivity index (χ1) is 13.9. The third-order valence-corrected chi connectivity index (χ3v) is 5.57. The molecule has 29 heavy (non-hydrogen) atoms. The fourth-order valence-corrected chi connectivity index (χ4v) is 3.78. The number of anilines is 2. The summed E-state index contributed by atoms with van der Waals surface area (Å²) in [7, 11) is 1.53. The Bertz CT molecular complexity index is 964. The van der Waals surface area contributed by atoms with Crippen LogP contribution >= 0.6 is 11.8 Å². The van der Waals surface area contributed by atoms with Crippen LogP contribution in [0.5, 0.6) is 5.75 Å². The average Bonchev–Trinajstić information content (AvgIpc) is 3.12. The van der Waals surface area contributed by atoms with Crippen molar-refractivity contribution in [2.45, 2.75) is 24.7 Å². The van der Waals surface area contributed by atoms with Crippen molar-refractivity contribution < 1.29 is 23.5 Å². The lowest BCUT2D eigenvalue weighted by Crippen LogP contribution is -2.24. The Labute approximate surface area is 172 Å². The van der Waals surface area contributed by atoms with Crippen LogP contribution in [0.1, 0.15) is 30.1 Å². The number of rotatable bonds is 7. The summed E-state index contributed by atoms with van der Waals surface area (Å²) in [5.41, 5.74) is 1.43. The van der Waals surface area contributed by atoms with Gasteiger partial charge in [0, 0.05) is 29.1 Å². The molecular formula is C21H21FN2O4S. The van der Waals surface area contributed by atoms with Crippen molar-refractivity contribution >= 4 is 40.7 Å². The summed E-state index contributed by atoms with van der Waals surface area (Å²) >= 11 is 1.04. The summed E-state index contributed by atoms with van der Waals surface area (Å²) < 4.78 is 19.4. The number of ether oxygens (including phenoxy) is 1. The Morgan fingerprint density at radius 1 is 1.24 bits per heavy atom. The van der Waals surface area contributed by atoms with Gasteiger partial charge in [-0.15, -0.1) is 11.8 Å². The fourth-order valence-electron chi connectivity index (χ4n) is 3.06. The Hall–Kier alpha value is -2.87. The maximum Gasteiger partial charge on any atom is 0.234 e. The molecule has 2 amide bonds. The van der Waals surface area contributed by atoms with E-state index in [1.54, 1.807) is 23.1 Å². The molecule has 0 aliphatic carbocycles. The van der Waals surface area contributed by atoms with Gasteiger partial charge in [-0.3, -0.25) is 14.4 Å². The molecule has 0 unspecified atom stereocenters. The van der Waals surface area contributed by atoms with Crippen LogP contribution in [-0.4, -0.2) is 37.0 Å². The Morgan fingerprint density at radius 3 is 2.66 bits per heavy atom. The summed E-state index contributed by atoms with van der Waals surface area (Å²) in [5.74, 6) is -0.485. The number of hydrogen-bond donors (Lipinski definition) is 1. The quantitative estimate of drug-likeness (QED) is 0.547. The molecule has 1 aliphatic rings. The zero-order valence-corrected chi connectivity index (χ0v) is 17.0. The molecule has 152 valence electrons. The molecule has 0 bridgehead atoms. The predicted molar refractivity (Wildman–Crippen MR) is 110 cm³/mol. The van der Waals surface area contributed by atoms with Crippen molar-refractivity contribution in [1.82, 2.24) is 0 Å². The molecule has 6 nitrogen and oxygen atoms in total. The van der Waals surface area contributed by atoms with E-state index in [0.717, 1.165) is 18.2 Å². The van der Waals surface area contributed by atoms with E-state index in [-0.39, 0.29) is 23.4 Å². The topological polar surface area (TPSA) is 75.7 Å². The number of halogens is 1. The molecular weight excluding hydrogens is 395 g/mol. The monoisotopic (exact) mass is 416 g/mol. The van der Waals surface area contributed by atoms with Crippen molar-refractivity contribution in [2.75, 3.05) is 29.6 Å². The lowest BCUT2D eigenvalue weighted by molar-refractivity contribution is -0.117. The van der Waals surface area contributed by atoms with E-state index in [1.165, 1.54) is 32.2 Å². The molecule has 1 heterocycles. The normalized spacial score (nSPS) is 13.5. The summed E-state index contributed by atoms with van der Waals surface area (Å²) in [6, 6.07) is 9.29. The minimum absolute atomic E-state index is 0.000343. The van der Waals surface area contributed by atoms with E-state index in [1.807, 2.05) is 0 Å². The number of thioether (sulfide) groups is 1. The van der Waals surface area contributed by atoms with Gasteiger partial charge in [0.2, 0.25) is 11.8 Å². The third-order valence-electron chi connectivity index (χ3n) is 4.52. The van der Waals surface area contributed by atoms with Gasteiger partial charge in [0.15, 0.2) is 5.78 Å². The summed E-state index contributed by atoms with van der Waals surface area (Å²) in [4.78, 5) is 37.6. The smallest absolute Gasteiger partial charge is 0.234 e. The molecule has 1 N–H and O–H groups in total. The van der Waals surface area contributed by atoms with Crippen LogP contribution in [0, 0.1) is 5.82 Å². The van der Waals surface area contributed by atoms with Gasteiger partial charge in [0.25, 0.3) is 0 Å². The van der Waals surface area contributed by atoms with E-state index >= 15 is 0 Å². The standard InChI is InChI=1S/C21H21FN2O4S/c1-13(25)14-5-8-19(16(22)10-14)29-12-20(26)23-15-6-7-18(28-2)17(11-15)24-9-3-4-21(24)27/h5-8,10-11H,3-4,9,12H2,1-2H3,(H,23,26). The highest BCUT2D eigenvalue weighted by Crippen LogP contribution is 2.34. The highest BCUT2D eigenvalue weighted by molar-refractivity contribution is 8.00. The lowest BCUT2D eigenvalue weighted by atomic mass is 10.1. The van der Waals surface area contributed by atoms with Crippen LogP contribution in [0.15, 0.2) is 41.3 Å². The number of carbonyl (C=O) groups is 3. The Kier molecular flexibility index (Phi) is 6.53. The molecule has 1 fully saturated rings. The molecule has 0 saturated carbocycles. The minimum Gasteiger partial charge on any atom is -0.495 e. The van der Waals surface area contributed by atoms with Crippen molar-refractivity contribution in [3.8, 4) is 5.75 Å². The number of ketones is 1. The van der Waals surface area contributed by atoms with E-state index in [4.69, 9.17) is 4.74 Å². The number of carbonyl (C=O) groups excluding carboxylic acids is 3. The summed E-state index contributed by atoms with van der Waals surface area (Å²) in [6.45, 7) is 1.98. The highest BCUT2D eigenvalue weighted by Gasteiger charge is 2.25. The zero-order chi connectivity index (χ0) is 21.0. The first kappa shape index (κ1) is 20.9. The number of nitrogens with one attached hydrogen (secondary N) is 1. The Balaban J connectivity index is 1.66. The highest BCUT2D eigenvalue weighted by atomic mass is 32.2. The molecule has 0 aromatic heterocycles. The fraction of sp³-hybridized carbons (Fsp3) is 0.286. The third kappa shape index (κ3) is 4.95. The molecule has 8 heteroatoms. The van der Waals surface area contributed by atoms with Crippen LogP contribution in [0.4, 0.5) is 15.8 Å². The molecule has 0 spiro atoms. The number of Topliss-reactive ketones (excluding diaryl/α,β-unsaturated/α-hetero) is 1. The maximum absolute atomic E-state index is 14.1. The second-order valence-electron chi connectivity index (χ2n) is 6.57. The molecule has 3 rings (SSSR count). The molecule has 2 aromatic rings. The van der Waals surface area contributed by atoms with Gasteiger partial charge in [-0.25, -0.2) is 4.39 Å². The van der Waals surface area contributed by atoms with Gasteiger partial charge in [-0.1, -0.05) is 6.07 Å². The summed E-state index contributed by atoms with van der Waals surface area (Å²) in [5, 5.41) is 2.76. The van der Waals surface area contributed by atoms with Crippen molar-refractivity contribution in [3.63, 3.8) is 0 Å². The van der Waals surface area contributed by atoms with Gasteiger partial charge in [0.1, 0.15) is 11.6 Å². The second kappa shape index (κ2) is 9.09. The largest absolute Gasteiger partial charge is 0.495 e. The molecule has 1 aliphatic heterocycles. The van der Waals surface area contributed by atoms with Crippen LogP contribution in [0.25, 0.3) is 0 Å². The van der Waals surface area contributed by atoms with Gasteiger partial charge >= 0.3 is 0 Å². The van der Waals surface area contributed by atoms with Crippen molar-refractivity contribution in [2.24, 2.45) is 0 Å². The van der Waals surface area contributed by atoms with Gasteiger partial charge in [-0.05, 0) is 43.7 Å². The maximum atomic E-state index is 14.1. The van der Waals surface area contributed by atoms with Crippen LogP contribution < -0.4 is 15.0 Å². The minimum atomic E-state index is -0.533.